The number of rotatable bonds is 2. The van der Waals surface area contributed by atoms with Gasteiger partial charge in [-0.05, 0) is 63.9 Å². The number of nitrogens with zero attached hydrogens (tertiary/aromatic N) is 3. The standard InChI is InChI=1S/C28H29N3O/c1-28(2,3)31-24-15-8-7-14-23(24)29-26(31)21-13-9-12-19-20-16-17-22(18-10-5-4-6-11-18)30-27(20)32-25(19)21/h7-9,12-18H,4-6,10-11H2,1-3H3. The lowest BCUT2D eigenvalue weighted by atomic mass is 9.86. The van der Waals surface area contributed by atoms with Crippen LogP contribution in [0.2, 0.25) is 0 Å². The molecule has 1 aliphatic rings. The zero-order valence-corrected chi connectivity index (χ0v) is 19.1. The van der Waals surface area contributed by atoms with Gasteiger partial charge >= 0.3 is 0 Å². The fourth-order valence-corrected chi connectivity index (χ4v) is 5.38. The van der Waals surface area contributed by atoms with Gasteiger partial charge in [-0.25, -0.2) is 9.97 Å². The van der Waals surface area contributed by atoms with Crippen molar-refractivity contribution in [2.45, 2.75) is 64.3 Å². The quantitative estimate of drug-likeness (QED) is 0.291. The molecule has 0 spiro atoms. The van der Waals surface area contributed by atoms with E-state index in [4.69, 9.17) is 14.4 Å². The number of pyridine rings is 1. The summed E-state index contributed by atoms with van der Waals surface area (Å²) in [4.78, 5) is 10.0. The van der Waals surface area contributed by atoms with Gasteiger partial charge in [0.1, 0.15) is 11.4 Å². The molecular formula is C28H29N3O. The van der Waals surface area contributed by atoms with Crippen LogP contribution in [0.4, 0.5) is 0 Å². The van der Waals surface area contributed by atoms with Gasteiger partial charge in [-0.2, -0.15) is 0 Å². The summed E-state index contributed by atoms with van der Waals surface area (Å²) in [5, 5.41) is 2.19. The van der Waals surface area contributed by atoms with Crippen molar-refractivity contribution in [1.29, 1.82) is 0 Å². The van der Waals surface area contributed by atoms with Gasteiger partial charge in [0.05, 0.1) is 16.6 Å². The first-order valence-corrected chi connectivity index (χ1v) is 11.8. The van der Waals surface area contributed by atoms with E-state index < -0.39 is 0 Å². The summed E-state index contributed by atoms with van der Waals surface area (Å²) in [6.07, 6.45) is 6.43. The minimum Gasteiger partial charge on any atom is -0.437 e. The average Bonchev–Trinajstić information content (AvgIpc) is 3.37. The van der Waals surface area contributed by atoms with Crippen molar-refractivity contribution in [3.05, 3.63) is 60.3 Å². The second kappa shape index (κ2) is 7.19. The minimum atomic E-state index is -0.119. The predicted molar refractivity (Wildman–Crippen MR) is 131 cm³/mol. The summed E-state index contributed by atoms with van der Waals surface area (Å²) in [6, 6.07) is 19.1. The molecular weight excluding hydrogens is 394 g/mol. The Morgan fingerprint density at radius 1 is 0.844 bits per heavy atom. The highest BCUT2D eigenvalue weighted by Crippen LogP contribution is 2.39. The summed E-state index contributed by atoms with van der Waals surface area (Å²) in [5.74, 6) is 1.50. The van der Waals surface area contributed by atoms with Crippen LogP contribution in [0.3, 0.4) is 0 Å². The van der Waals surface area contributed by atoms with E-state index in [-0.39, 0.29) is 5.54 Å². The molecule has 5 aromatic rings. The molecule has 0 saturated heterocycles. The molecule has 0 atom stereocenters. The second-order valence-electron chi connectivity index (χ2n) is 10.1. The van der Waals surface area contributed by atoms with Gasteiger partial charge in [0.2, 0.25) is 5.71 Å². The van der Waals surface area contributed by atoms with Gasteiger partial charge in [-0.1, -0.05) is 43.5 Å². The lowest BCUT2D eigenvalue weighted by molar-refractivity contribution is 0.413. The van der Waals surface area contributed by atoms with Crippen molar-refractivity contribution in [3.63, 3.8) is 0 Å². The van der Waals surface area contributed by atoms with Gasteiger partial charge < -0.3 is 8.98 Å². The third-order valence-electron chi connectivity index (χ3n) is 6.88. The monoisotopic (exact) mass is 423 g/mol. The summed E-state index contributed by atoms with van der Waals surface area (Å²) in [7, 11) is 0. The van der Waals surface area contributed by atoms with E-state index in [1.54, 1.807) is 0 Å². The number of hydrogen-bond acceptors (Lipinski definition) is 3. The molecule has 1 fully saturated rings. The maximum absolute atomic E-state index is 6.47. The molecule has 2 aromatic carbocycles. The molecule has 3 heterocycles. The number of hydrogen-bond donors (Lipinski definition) is 0. The lowest BCUT2D eigenvalue weighted by Crippen LogP contribution is -2.22. The zero-order valence-electron chi connectivity index (χ0n) is 19.1. The van der Waals surface area contributed by atoms with E-state index in [1.165, 1.54) is 37.8 Å². The second-order valence-corrected chi connectivity index (χ2v) is 10.1. The maximum Gasteiger partial charge on any atom is 0.227 e. The first-order chi connectivity index (χ1) is 15.5. The highest BCUT2D eigenvalue weighted by Gasteiger charge is 2.25. The van der Waals surface area contributed by atoms with Crippen LogP contribution >= 0.6 is 0 Å². The van der Waals surface area contributed by atoms with Crippen molar-refractivity contribution < 1.29 is 4.42 Å². The van der Waals surface area contributed by atoms with Crippen LogP contribution in [0.15, 0.2) is 59.0 Å². The van der Waals surface area contributed by atoms with Gasteiger partial charge in [-0.15, -0.1) is 0 Å². The summed E-state index contributed by atoms with van der Waals surface area (Å²) in [6.45, 7) is 6.67. The lowest BCUT2D eigenvalue weighted by Gasteiger charge is -2.24. The number of aromatic nitrogens is 3. The third-order valence-corrected chi connectivity index (χ3v) is 6.88. The van der Waals surface area contributed by atoms with Crippen molar-refractivity contribution in [2.24, 2.45) is 0 Å². The average molecular weight is 424 g/mol. The molecule has 3 aromatic heterocycles. The predicted octanol–water partition coefficient (Wildman–Crippen LogP) is 7.80. The van der Waals surface area contributed by atoms with Crippen LogP contribution in [0.25, 0.3) is 44.5 Å². The Morgan fingerprint density at radius 3 is 2.47 bits per heavy atom. The maximum atomic E-state index is 6.47. The number of fused-ring (bicyclic) bond motifs is 4. The minimum absolute atomic E-state index is 0.119. The van der Waals surface area contributed by atoms with Gasteiger partial charge in [0.15, 0.2) is 0 Å². The van der Waals surface area contributed by atoms with Crippen LogP contribution in [0, 0.1) is 0 Å². The van der Waals surface area contributed by atoms with Gasteiger partial charge in [0, 0.05) is 27.9 Å². The number of furan rings is 1. The van der Waals surface area contributed by atoms with Crippen LogP contribution in [-0.2, 0) is 5.54 Å². The molecule has 0 unspecified atom stereocenters. The van der Waals surface area contributed by atoms with E-state index in [9.17, 15) is 0 Å². The fourth-order valence-electron chi connectivity index (χ4n) is 5.38. The van der Waals surface area contributed by atoms with Gasteiger partial charge in [-0.3, -0.25) is 0 Å². The Morgan fingerprint density at radius 2 is 1.66 bits per heavy atom. The van der Waals surface area contributed by atoms with E-state index in [0.717, 1.165) is 44.5 Å². The Hall–Kier alpha value is -3.14. The topological polar surface area (TPSA) is 43.9 Å². The van der Waals surface area contributed by atoms with Crippen molar-refractivity contribution in [3.8, 4) is 11.4 Å². The largest absolute Gasteiger partial charge is 0.437 e. The Balaban J connectivity index is 1.58. The SMILES string of the molecule is CC(C)(C)n1c(-c2cccc3c2oc2nc(C4CCCCC4)ccc23)nc2ccccc21. The molecule has 32 heavy (non-hydrogen) atoms. The first kappa shape index (κ1) is 19.5. The molecule has 0 bridgehead atoms. The van der Waals surface area contributed by atoms with E-state index in [2.05, 4.69) is 73.9 Å². The molecule has 4 nitrogen and oxygen atoms in total. The van der Waals surface area contributed by atoms with Crippen molar-refractivity contribution in [2.75, 3.05) is 0 Å². The normalized spacial score (nSPS) is 15.8. The first-order valence-electron chi connectivity index (χ1n) is 11.8. The Kier molecular flexibility index (Phi) is 4.39. The molecule has 0 radical (unpaired) electrons. The van der Waals surface area contributed by atoms with Crippen LogP contribution in [-0.4, -0.2) is 14.5 Å². The number of imidazole rings is 1. The highest BCUT2D eigenvalue weighted by atomic mass is 16.3. The molecule has 162 valence electrons. The third kappa shape index (κ3) is 3.04. The van der Waals surface area contributed by atoms with Crippen LogP contribution < -0.4 is 0 Å². The smallest absolute Gasteiger partial charge is 0.227 e. The number of para-hydroxylation sites is 3. The molecule has 1 aliphatic carbocycles. The Bertz CT molecular complexity index is 1440. The zero-order chi connectivity index (χ0) is 21.9. The van der Waals surface area contributed by atoms with E-state index >= 15 is 0 Å². The highest BCUT2D eigenvalue weighted by molar-refractivity contribution is 6.08. The van der Waals surface area contributed by atoms with E-state index in [0.29, 0.717) is 5.92 Å². The van der Waals surface area contributed by atoms with Crippen molar-refractivity contribution >= 4 is 33.1 Å². The van der Waals surface area contributed by atoms with E-state index in [1.807, 2.05) is 6.07 Å². The van der Waals surface area contributed by atoms with Crippen molar-refractivity contribution in [1.82, 2.24) is 14.5 Å². The Labute approximate surface area is 188 Å². The molecule has 6 rings (SSSR count). The van der Waals surface area contributed by atoms with Crippen LogP contribution in [0.1, 0.15) is 64.5 Å². The summed E-state index contributed by atoms with van der Waals surface area (Å²) in [5.41, 5.74) is 5.84. The number of benzene rings is 2. The molecule has 0 aliphatic heterocycles. The summed E-state index contributed by atoms with van der Waals surface area (Å²) < 4.78 is 8.79. The molecule has 0 N–H and O–H groups in total. The van der Waals surface area contributed by atoms with Crippen LogP contribution in [0.5, 0.6) is 0 Å². The van der Waals surface area contributed by atoms with Gasteiger partial charge in [0.25, 0.3) is 0 Å². The summed E-state index contributed by atoms with van der Waals surface area (Å²) >= 11 is 0. The fraction of sp³-hybridized carbons (Fsp3) is 0.357. The molecule has 4 heteroatoms. The molecule has 0 amide bonds. The molecule has 1 saturated carbocycles.